The topological polar surface area (TPSA) is 356 Å². The predicted molar refractivity (Wildman–Crippen MR) is 477 cm³/mol. The highest BCUT2D eigenvalue weighted by atomic mass is 79.9. The second-order valence-electron chi connectivity index (χ2n) is 28.5. The molecule has 0 bridgehead atoms. The van der Waals surface area contributed by atoms with Crippen LogP contribution in [0.2, 0.25) is 40.2 Å². The van der Waals surface area contributed by atoms with Gasteiger partial charge in [-0.25, -0.2) is 38.7 Å². The summed E-state index contributed by atoms with van der Waals surface area (Å²) in [6, 6.07) is 26.9. The summed E-state index contributed by atoms with van der Waals surface area (Å²) >= 11 is 58.9. The quantitative estimate of drug-likeness (QED) is 0.0393. The van der Waals surface area contributed by atoms with Gasteiger partial charge in [0, 0.05) is 92.7 Å². The Kier molecular flexibility index (Phi) is 32.9. The number of hydrogen-bond donors (Lipinski definition) is 8. The van der Waals surface area contributed by atoms with Crippen molar-refractivity contribution in [2.24, 2.45) is 0 Å². The minimum absolute atomic E-state index is 0.000698. The summed E-state index contributed by atoms with van der Waals surface area (Å²) in [5.41, 5.74) is -4.79. The summed E-state index contributed by atoms with van der Waals surface area (Å²) < 4.78 is 125. The average Bonchev–Trinajstić information content (AvgIpc) is 1.74. The third kappa shape index (κ3) is 25.6. The number of pyridine rings is 4. The molecule has 8 N–H and O–H groups in total. The summed E-state index contributed by atoms with van der Waals surface area (Å²) in [6.07, 6.45) is -9.03. The van der Waals surface area contributed by atoms with Crippen LogP contribution >= 0.6 is 141 Å². The van der Waals surface area contributed by atoms with Crippen molar-refractivity contribution in [3.63, 3.8) is 0 Å². The molecule has 0 fully saturated rings. The summed E-state index contributed by atoms with van der Waals surface area (Å²) in [6.45, 7) is 16.1. The number of hydrogen-bond acceptors (Lipinski definition) is 16. The van der Waals surface area contributed by atoms with Gasteiger partial charge in [0.15, 0.2) is 40.4 Å². The van der Waals surface area contributed by atoms with Crippen molar-refractivity contribution in [2.45, 2.75) is 91.9 Å². The van der Waals surface area contributed by atoms with Crippen LogP contribution in [0, 0.1) is 13.8 Å². The van der Waals surface area contributed by atoms with Crippen molar-refractivity contribution in [3.8, 4) is 23.3 Å². The molecule has 4 aromatic carbocycles. The lowest BCUT2D eigenvalue weighted by Crippen LogP contribution is -2.41. The van der Waals surface area contributed by atoms with Gasteiger partial charge < -0.3 is 42.5 Å². The maximum Gasteiger partial charge on any atom is 0.435 e. The molecule has 0 unspecified atom stereocenters. The molecule has 0 saturated heterocycles. The number of amides is 8. The van der Waals surface area contributed by atoms with E-state index in [0.29, 0.717) is 63.8 Å². The number of nitrogens with zero attached hydrogens (tertiary/aromatic N) is 12. The molecule has 0 aliphatic carbocycles. The number of alkyl halides is 9. The number of carbonyl (C=O) groups is 8. The van der Waals surface area contributed by atoms with Gasteiger partial charge in [-0.2, -0.15) is 59.9 Å². The summed E-state index contributed by atoms with van der Waals surface area (Å²) in [7, 11) is 1.41. The van der Waals surface area contributed by atoms with E-state index in [1.54, 1.807) is 65.8 Å². The smallest absolute Gasteiger partial charge is 0.355 e. The number of aryl methyl sites for hydroxylation is 2. The Bertz CT molecular complexity index is 6320. The van der Waals surface area contributed by atoms with Gasteiger partial charge >= 0.3 is 18.5 Å². The summed E-state index contributed by atoms with van der Waals surface area (Å²) in [4.78, 5) is 119. The highest BCUT2D eigenvalue weighted by Gasteiger charge is 2.41. The van der Waals surface area contributed by atoms with Gasteiger partial charge in [0.05, 0.1) is 75.1 Å². The molecule has 0 aliphatic rings. The number of nitrogens with one attached hydrogen (secondary N) is 8. The first-order chi connectivity index (χ1) is 59.7. The Labute approximate surface area is 785 Å². The van der Waals surface area contributed by atoms with Crippen molar-refractivity contribution in [1.82, 2.24) is 80.3 Å². The normalized spacial score (nSPS) is 11.5. The lowest BCUT2D eigenvalue weighted by atomic mass is 10.1. The molecule has 28 nitrogen and oxygen atoms in total. The standard InChI is InChI=1S/C21H17Cl3F3N5O2.C20H17BrCl3N5O2.C20H16BrClF3N5O2.C19H14BrClF3N5O2/c1-20(2,3)30-18(33)11-7-10(22)8-13(24)16(11)29-19(34)14-9-15(21(25,26)27)31-32(14)17-12(23)5-4-6-28-17;1-20(2,3)27-18(30)11-7-10(22)8-13(24)16(11)26-19(31)14-9-15(21)28-29(14)17-12(23)5-4-6-25-17;1-3-26-18(31)12-8-11(21)7-10(2)16(12)28-19(32)14-9-15(20(23,24)25)29-30(14)17-13(22)5-4-6-27-17;1-9-6-10(20)7-11(17(30)25-2)15(9)27-18(31)13-8-14(19(22,23)24)28-29(13)16-12(21)4-3-5-26-16/h4-9H,1-3H3,(H,29,34)(H,30,33);4-9H,1-3H3,(H,26,31)(H,27,30);4-9H,3H2,1-2H3,(H,26,31)(H,28,32);3-8H,1-2H3,(H,25,30)(H,27,31). The first kappa shape index (κ1) is 101. The maximum atomic E-state index is 13.4. The molecule has 0 spiro atoms. The number of benzene rings is 4. The molecule has 12 rings (SSSR count). The Hall–Kier alpha value is -10.8. The zero-order chi connectivity index (χ0) is 94.9. The van der Waals surface area contributed by atoms with Crippen molar-refractivity contribution < 1.29 is 77.9 Å². The first-order valence-corrected chi connectivity index (χ1v) is 41.8. The molecule has 8 heterocycles. The van der Waals surface area contributed by atoms with E-state index in [4.69, 9.17) is 92.8 Å². The Morgan fingerprint density at radius 3 is 0.922 bits per heavy atom. The van der Waals surface area contributed by atoms with Crippen LogP contribution in [0.25, 0.3) is 23.3 Å². The van der Waals surface area contributed by atoms with Crippen LogP contribution in [0.15, 0.2) is 160 Å². The third-order valence-electron chi connectivity index (χ3n) is 16.6. The lowest BCUT2D eigenvalue weighted by molar-refractivity contribution is -0.142. The molecule has 0 radical (unpaired) electrons. The van der Waals surface area contributed by atoms with Crippen LogP contribution in [-0.4, -0.2) is 131 Å². The van der Waals surface area contributed by atoms with Crippen LogP contribution in [0.5, 0.6) is 0 Å². The molecular formula is C80H64Br3Cl8F9N20O8. The minimum atomic E-state index is -4.85. The zero-order valence-corrected chi connectivity index (χ0v) is 78.1. The van der Waals surface area contributed by atoms with Gasteiger partial charge in [0.1, 0.15) is 27.4 Å². The largest absolute Gasteiger partial charge is 0.435 e. The lowest BCUT2D eigenvalue weighted by Gasteiger charge is -2.22. The van der Waals surface area contributed by atoms with E-state index in [-0.39, 0.29) is 109 Å². The zero-order valence-electron chi connectivity index (χ0n) is 67.3. The number of aromatic nitrogens is 12. The average molecular weight is 2130 g/mol. The highest BCUT2D eigenvalue weighted by Crippen LogP contribution is 2.39. The molecule has 672 valence electrons. The van der Waals surface area contributed by atoms with Crippen molar-refractivity contribution >= 4 is 211 Å². The van der Waals surface area contributed by atoms with E-state index in [1.165, 1.54) is 115 Å². The fraction of sp³-hybridized carbons (Fsp3) is 0.200. The van der Waals surface area contributed by atoms with Gasteiger partial charge in [0.25, 0.3) is 47.3 Å². The van der Waals surface area contributed by atoms with Crippen LogP contribution in [-0.2, 0) is 18.5 Å². The van der Waals surface area contributed by atoms with Crippen molar-refractivity contribution in [1.29, 1.82) is 0 Å². The van der Waals surface area contributed by atoms with Crippen molar-refractivity contribution in [2.75, 3.05) is 34.9 Å². The third-order valence-corrected chi connectivity index (χ3v) is 20.1. The maximum absolute atomic E-state index is 13.4. The van der Waals surface area contributed by atoms with Crippen molar-refractivity contribution in [3.05, 3.63) is 273 Å². The van der Waals surface area contributed by atoms with Gasteiger partial charge in [-0.1, -0.05) is 125 Å². The molecular weight excluding hydrogens is 2060 g/mol. The summed E-state index contributed by atoms with van der Waals surface area (Å²) in [5.74, 6) is -5.68. The van der Waals surface area contributed by atoms with Gasteiger partial charge in [-0.05, 0) is 186 Å². The van der Waals surface area contributed by atoms with Crippen LogP contribution in [0.4, 0.5) is 62.3 Å². The van der Waals surface area contributed by atoms with E-state index in [1.807, 2.05) is 20.8 Å². The molecule has 0 aliphatic heterocycles. The Morgan fingerprint density at radius 1 is 0.359 bits per heavy atom. The van der Waals surface area contributed by atoms with Crippen LogP contribution in [0.1, 0.15) is 160 Å². The fourth-order valence-electron chi connectivity index (χ4n) is 11.2. The molecule has 0 atom stereocenters. The molecule has 0 saturated carbocycles. The van der Waals surface area contributed by atoms with E-state index in [9.17, 15) is 77.9 Å². The summed E-state index contributed by atoms with van der Waals surface area (Å²) in [5, 5.41) is 36.1. The monoisotopic (exact) mass is 2120 g/mol. The van der Waals surface area contributed by atoms with Crippen LogP contribution in [0.3, 0.4) is 0 Å². The highest BCUT2D eigenvalue weighted by molar-refractivity contribution is 9.11. The minimum Gasteiger partial charge on any atom is -0.355 e. The van der Waals surface area contributed by atoms with E-state index in [0.717, 1.165) is 4.68 Å². The van der Waals surface area contributed by atoms with Gasteiger partial charge in [-0.3, -0.25) is 38.4 Å². The second kappa shape index (κ2) is 41.8. The molecule has 128 heavy (non-hydrogen) atoms. The Balaban J connectivity index is 0.000000193. The van der Waals surface area contributed by atoms with Gasteiger partial charge in [0.2, 0.25) is 0 Å². The van der Waals surface area contributed by atoms with Gasteiger partial charge in [-0.15, -0.1) is 0 Å². The predicted octanol–water partition coefficient (Wildman–Crippen LogP) is 21.4. The van der Waals surface area contributed by atoms with E-state index >= 15 is 0 Å². The molecule has 48 heteroatoms. The molecule has 8 aromatic heterocycles. The molecule has 12 aromatic rings. The molecule has 8 amide bonds. The number of rotatable bonds is 17. The van der Waals surface area contributed by atoms with Crippen LogP contribution < -0.4 is 42.5 Å². The van der Waals surface area contributed by atoms with E-state index < -0.39 is 111 Å². The SMILES string of the molecule is CC(C)(C)NC(=O)c1cc(Cl)cc(Cl)c1NC(=O)c1cc(Br)nn1-c1ncccc1Cl.CC(C)(C)NC(=O)c1cc(Cl)cc(Cl)c1NC(=O)c1cc(C(F)(F)F)nn1-c1ncccc1Cl.CCNC(=O)c1cc(Br)cc(C)c1NC(=O)c1cc(C(F)(F)F)nn1-c1ncccc1Cl.CNC(=O)c1cc(Br)cc(C)c1NC(=O)c1cc(C(F)(F)F)nn1-c1ncccc1Cl. The first-order valence-electron chi connectivity index (χ1n) is 36.4. The number of carbonyl (C=O) groups excluding carboxylic acids is 8. The second-order valence-corrected chi connectivity index (χ2v) is 34.5. The fourth-order valence-corrected chi connectivity index (χ4v) is 14.6. The number of halogens is 20. The van der Waals surface area contributed by atoms with E-state index in [2.05, 4.69) is 131 Å². The number of anilines is 4. The Morgan fingerprint density at radius 2 is 0.641 bits per heavy atom.